The Hall–Kier alpha value is -1.75. The molecule has 4 atom stereocenters. The van der Waals surface area contributed by atoms with Crippen LogP contribution in [0.15, 0.2) is 18.7 Å². The van der Waals surface area contributed by atoms with E-state index in [1.165, 1.54) is 12.1 Å². The Kier molecular flexibility index (Phi) is 5.75. The lowest BCUT2D eigenvalue weighted by Crippen LogP contribution is -2.30. The highest BCUT2D eigenvalue weighted by Gasteiger charge is 2.46. The molecule has 24 heavy (non-hydrogen) atoms. The second kappa shape index (κ2) is 7.43. The molecule has 1 fully saturated rings. The van der Waals surface area contributed by atoms with Crippen LogP contribution in [0.2, 0.25) is 0 Å². The number of benzene rings is 1. The summed E-state index contributed by atoms with van der Waals surface area (Å²) in [7, 11) is 0. The van der Waals surface area contributed by atoms with Crippen molar-refractivity contribution in [3.05, 3.63) is 41.5 Å². The van der Waals surface area contributed by atoms with Gasteiger partial charge < -0.3 is 9.47 Å². The summed E-state index contributed by atoms with van der Waals surface area (Å²) in [6.45, 7) is 11.5. The summed E-state index contributed by atoms with van der Waals surface area (Å²) in [5, 5.41) is 0. The number of hydrogen-bond acceptors (Lipinski definition) is 3. The highest BCUT2D eigenvalue weighted by Crippen LogP contribution is 2.42. The number of carbonyl (C=O) groups excluding carboxylic acids is 1. The maximum absolute atomic E-state index is 14.1. The molecule has 0 bridgehead atoms. The summed E-state index contributed by atoms with van der Waals surface area (Å²) in [5.74, 6) is -2.62. The minimum atomic E-state index is -0.955. The lowest BCUT2D eigenvalue weighted by atomic mass is 9.81. The van der Waals surface area contributed by atoms with Crippen LogP contribution in [0.25, 0.3) is 6.08 Å². The van der Waals surface area contributed by atoms with E-state index in [0.717, 1.165) is 6.07 Å². The fourth-order valence-corrected chi connectivity index (χ4v) is 3.07. The molecule has 0 aliphatic carbocycles. The first kappa shape index (κ1) is 18.6. The first-order valence-corrected chi connectivity index (χ1v) is 8.20. The highest BCUT2D eigenvalue weighted by atomic mass is 19.2. The van der Waals surface area contributed by atoms with Crippen LogP contribution >= 0.6 is 0 Å². The van der Waals surface area contributed by atoms with E-state index >= 15 is 0 Å². The average Bonchev–Trinajstić information content (AvgIpc) is 2.83. The van der Waals surface area contributed by atoms with Crippen LogP contribution in [0.4, 0.5) is 8.78 Å². The zero-order chi connectivity index (χ0) is 18.0. The number of ether oxygens (including phenoxy) is 2. The third kappa shape index (κ3) is 3.51. The van der Waals surface area contributed by atoms with Crippen LogP contribution in [0.3, 0.4) is 0 Å². The van der Waals surface area contributed by atoms with E-state index in [-0.39, 0.29) is 23.5 Å². The predicted octanol–water partition coefficient (Wildman–Crippen LogP) is 4.31. The van der Waals surface area contributed by atoms with Gasteiger partial charge >= 0.3 is 5.97 Å². The predicted molar refractivity (Wildman–Crippen MR) is 88.5 cm³/mol. The molecule has 5 heteroatoms. The van der Waals surface area contributed by atoms with Gasteiger partial charge in [-0.2, -0.15) is 0 Å². The van der Waals surface area contributed by atoms with E-state index in [4.69, 9.17) is 9.47 Å². The number of carbonyl (C=O) groups is 1. The molecule has 3 nitrogen and oxygen atoms in total. The third-order valence-electron chi connectivity index (χ3n) is 4.52. The number of rotatable bonds is 5. The lowest BCUT2D eigenvalue weighted by molar-refractivity contribution is -0.157. The molecule has 1 aromatic carbocycles. The first-order chi connectivity index (χ1) is 11.3. The molecule has 0 unspecified atom stereocenters. The fourth-order valence-electron chi connectivity index (χ4n) is 3.07. The van der Waals surface area contributed by atoms with Gasteiger partial charge in [0, 0.05) is 11.5 Å². The van der Waals surface area contributed by atoms with Gasteiger partial charge in [-0.15, -0.1) is 0 Å². The van der Waals surface area contributed by atoms with Crippen LogP contribution in [0.1, 0.15) is 44.7 Å². The molecule has 0 aromatic heterocycles. The maximum atomic E-state index is 14.1. The van der Waals surface area contributed by atoms with Crippen molar-refractivity contribution in [2.75, 3.05) is 6.61 Å². The first-order valence-electron chi connectivity index (χ1n) is 8.20. The Morgan fingerprint density at radius 1 is 1.38 bits per heavy atom. The van der Waals surface area contributed by atoms with Crippen molar-refractivity contribution in [1.82, 2.24) is 0 Å². The minimum absolute atomic E-state index is 0.0508. The van der Waals surface area contributed by atoms with E-state index in [9.17, 15) is 13.6 Å². The second-order valence-corrected chi connectivity index (χ2v) is 6.74. The fraction of sp³-hybridized carbons (Fsp3) is 0.526. The van der Waals surface area contributed by atoms with Gasteiger partial charge in [0.05, 0.1) is 12.7 Å². The minimum Gasteiger partial charge on any atom is -0.463 e. The van der Waals surface area contributed by atoms with Crippen molar-refractivity contribution < 1.29 is 23.0 Å². The quantitative estimate of drug-likeness (QED) is 0.750. The summed E-state index contributed by atoms with van der Waals surface area (Å²) < 4.78 is 38.7. The largest absolute Gasteiger partial charge is 0.463 e. The van der Waals surface area contributed by atoms with Crippen molar-refractivity contribution in [3.8, 4) is 0 Å². The normalized spacial score (nSPS) is 26.6. The van der Waals surface area contributed by atoms with Crippen LogP contribution in [0.5, 0.6) is 0 Å². The number of hydrogen-bond donors (Lipinski definition) is 0. The average molecular weight is 338 g/mol. The van der Waals surface area contributed by atoms with Crippen LogP contribution < -0.4 is 0 Å². The van der Waals surface area contributed by atoms with Gasteiger partial charge in [0.25, 0.3) is 0 Å². The summed E-state index contributed by atoms with van der Waals surface area (Å²) >= 11 is 0. The molecule has 1 aromatic rings. The number of esters is 1. The smallest absolute Gasteiger partial charge is 0.335 e. The summed E-state index contributed by atoms with van der Waals surface area (Å²) in [5.41, 5.74) is 0.596. The summed E-state index contributed by atoms with van der Waals surface area (Å²) in [6, 6.07) is 2.57. The topological polar surface area (TPSA) is 35.5 Å². The van der Waals surface area contributed by atoms with Gasteiger partial charge in [0.15, 0.2) is 17.7 Å². The number of halogens is 2. The van der Waals surface area contributed by atoms with E-state index in [1.54, 1.807) is 0 Å². The molecule has 132 valence electrons. The molecular formula is C19H24F2O3. The van der Waals surface area contributed by atoms with Crippen LogP contribution in [-0.2, 0) is 14.3 Å². The molecule has 0 amide bonds. The Morgan fingerprint density at radius 2 is 2.04 bits per heavy atom. The molecule has 1 aliphatic rings. The lowest BCUT2D eigenvalue weighted by Gasteiger charge is -2.23. The zero-order valence-corrected chi connectivity index (χ0v) is 14.5. The van der Waals surface area contributed by atoms with E-state index in [1.807, 2.05) is 27.7 Å². The molecule has 1 aliphatic heterocycles. The van der Waals surface area contributed by atoms with E-state index in [0.29, 0.717) is 12.2 Å². The molecule has 0 saturated carbocycles. The Balaban J connectivity index is 2.39. The molecule has 0 N–H and O–H groups in total. The van der Waals surface area contributed by atoms with Gasteiger partial charge in [0.2, 0.25) is 0 Å². The van der Waals surface area contributed by atoms with Crippen LogP contribution in [0, 0.1) is 23.5 Å². The van der Waals surface area contributed by atoms with Gasteiger partial charge in [0.1, 0.15) is 0 Å². The van der Waals surface area contributed by atoms with Gasteiger partial charge in [-0.1, -0.05) is 39.5 Å². The molecule has 2 rings (SSSR count). The summed E-state index contributed by atoms with van der Waals surface area (Å²) in [6.07, 6.45) is 0.245. The third-order valence-corrected chi connectivity index (χ3v) is 4.52. The van der Waals surface area contributed by atoms with Crippen molar-refractivity contribution >= 4 is 12.0 Å². The van der Waals surface area contributed by atoms with Gasteiger partial charge in [-0.05, 0) is 30.4 Å². The Labute approximate surface area is 141 Å². The monoisotopic (exact) mass is 338 g/mol. The van der Waals surface area contributed by atoms with Crippen molar-refractivity contribution in [3.63, 3.8) is 0 Å². The molecule has 0 spiro atoms. The zero-order valence-electron chi connectivity index (χ0n) is 14.5. The Morgan fingerprint density at radius 3 is 2.62 bits per heavy atom. The molecular weight excluding hydrogens is 314 g/mol. The van der Waals surface area contributed by atoms with Crippen molar-refractivity contribution in [1.29, 1.82) is 0 Å². The molecule has 0 radical (unpaired) electrons. The van der Waals surface area contributed by atoms with Crippen LogP contribution in [-0.4, -0.2) is 24.8 Å². The standard InChI is InChI=1S/C19H24F2O3/c1-6-13-14(7-8-15(20)17(13)21)16-11(4)12(5)24-18(16)19(22)23-9-10(2)3/h6-8,10-12,16,18H,1,9H2,2-5H3/t11-,12-,16+,18-/m1/s1. The van der Waals surface area contributed by atoms with Gasteiger partial charge in [-0.25, -0.2) is 13.6 Å². The van der Waals surface area contributed by atoms with Crippen molar-refractivity contribution in [2.45, 2.75) is 45.8 Å². The maximum Gasteiger partial charge on any atom is 0.335 e. The van der Waals surface area contributed by atoms with Crippen molar-refractivity contribution in [2.24, 2.45) is 11.8 Å². The highest BCUT2D eigenvalue weighted by molar-refractivity contribution is 5.77. The van der Waals surface area contributed by atoms with E-state index in [2.05, 4.69) is 6.58 Å². The Bertz CT molecular complexity index is 627. The van der Waals surface area contributed by atoms with Gasteiger partial charge in [-0.3, -0.25) is 0 Å². The molecule has 1 heterocycles. The summed E-state index contributed by atoms with van der Waals surface area (Å²) in [4.78, 5) is 12.4. The SMILES string of the molecule is C=Cc1c([C@@H]2[C@H](C)[C@@H](C)O[C@H]2C(=O)OCC(C)C)ccc(F)c1F. The second-order valence-electron chi connectivity index (χ2n) is 6.74. The van der Waals surface area contributed by atoms with E-state index < -0.39 is 29.6 Å². The molecule has 1 saturated heterocycles.